The molecule has 1 radical (unpaired) electrons. The van der Waals surface area contributed by atoms with Gasteiger partial charge in [0, 0.05) is 44.3 Å². The summed E-state index contributed by atoms with van der Waals surface area (Å²) in [5.74, 6) is 0. The van der Waals surface area contributed by atoms with Crippen molar-refractivity contribution in [3.8, 4) is 44.5 Å². The summed E-state index contributed by atoms with van der Waals surface area (Å²) < 4.78 is 0. The summed E-state index contributed by atoms with van der Waals surface area (Å²) in [6, 6.07) is 50.7. The van der Waals surface area contributed by atoms with Crippen molar-refractivity contribution in [1.82, 2.24) is 19.9 Å². The van der Waals surface area contributed by atoms with Gasteiger partial charge < -0.3 is 34.8 Å². The number of halogens is 2. The van der Waals surface area contributed by atoms with E-state index in [4.69, 9.17) is 9.97 Å². The molecule has 0 saturated heterocycles. The minimum absolute atomic E-state index is 0. The van der Waals surface area contributed by atoms with Crippen LogP contribution in [0.5, 0.6) is 0 Å². The monoisotopic (exact) mass is 739 g/mol. The molecule has 0 aliphatic carbocycles. The van der Waals surface area contributed by atoms with E-state index in [1.165, 1.54) is 0 Å². The number of nitrogens with one attached hydrogen (secondary N) is 2. The second-order valence-corrected chi connectivity index (χ2v) is 12.0. The molecule has 7 aromatic rings. The molecular formula is C44H30Cl2MnN4. The number of nitrogens with zero attached hydrogens (tertiary/aromatic N) is 2. The second-order valence-electron chi connectivity index (χ2n) is 12.0. The maximum atomic E-state index is 5.35. The molecule has 2 N–H and O–H groups in total. The molecule has 3 aromatic heterocycles. The maximum Gasteiger partial charge on any atom is 2.00 e. The van der Waals surface area contributed by atoms with Crippen molar-refractivity contribution in [3.63, 3.8) is 0 Å². The molecule has 0 unspecified atom stereocenters. The number of aromatic amines is 2. The molecule has 2 aliphatic heterocycles. The summed E-state index contributed by atoms with van der Waals surface area (Å²) in [4.78, 5) is 18.3. The number of rotatable bonds is 4. The molecule has 0 amide bonds. The first kappa shape index (κ1) is 35.4. The van der Waals surface area contributed by atoms with Gasteiger partial charge in [-0.05, 0) is 70.8 Å². The molecule has 0 saturated carbocycles. The predicted octanol–water partition coefficient (Wildman–Crippen LogP) is 5.33. The van der Waals surface area contributed by atoms with Crippen LogP contribution in [-0.4, -0.2) is 19.9 Å². The van der Waals surface area contributed by atoms with Crippen LogP contribution < -0.4 is 24.8 Å². The molecule has 247 valence electrons. The Hall–Kier alpha value is -5.42. The number of aromatic nitrogens is 4. The predicted molar refractivity (Wildman–Crippen MR) is 201 cm³/mol. The standard InChI is InChI=1S/C44H30N4.2ClH.Mn/c1-5-13-29(14-6-1)41-33-21-23-35(45-33)42(30-15-7-2-8-16-30)37-25-27-39(47-37)44(32-19-11-4-12-20-32)40-28-26-38(48-40)43(31-17-9-3-10-18-31)36-24-22-34(41)46-36;;;/h1-28,45,48H;2*1H;/q;;;+2/p-2. The zero-order valence-corrected chi connectivity index (χ0v) is 29.9. The van der Waals surface area contributed by atoms with Gasteiger partial charge in [-0.15, -0.1) is 0 Å². The second kappa shape index (κ2) is 15.2. The van der Waals surface area contributed by atoms with Crippen molar-refractivity contribution in [2.45, 2.75) is 0 Å². The zero-order chi connectivity index (χ0) is 31.9. The average molecular weight is 741 g/mol. The van der Waals surface area contributed by atoms with Crippen LogP contribution in [0.1, 0.15) is 22.8 Å². The Balaban J connectivity index is 0.00000149. The summed E-state index contributed by atoms with van der Waals surface area (Å²) in [5, 5.41) is 0. The van der Waals surface area contributed by atoms with Gasteiger partial charge in [-0.25, -0.2) is 9.97 Å². The van der Waals surface area contributed by atoms with Crippen molar-refractivity contribution in [2.24, 2.45) is 0 Å². The Bertz CT molecular complexity index is 2190. The van der Waals surface area contributed by atoms with E-state index in [9.17, 15) is 0 Å². The van der Waals surface area contributed by atoms with Crippen molar-refractivity contribution >= 4 is 46.4 Å². The third-order valence-corrected chi connectivity index (χ3v) is 9.00. The van der Waals surface area contributed by atoms with E-state index in [1.54, 1.807) is 0 Å². The topological polar surface area (TPSA) is 57.4 Å². The van der Waals surface area contributed by atoms with Gasteiger partial charge in [0.15, 0.2) is 0 Å². The van der Waals surface area contributed by atoms with Gasteiger partial charge >= 0.3 is 17.1 Å². The zero-order valence-electron chi connectivity index (χ0n) is 27.2. The molecule has 51 heavy (non-hydrogen) atoms. The minimum atomic E-state index is 0. The first-order chi connectivity index (χ1) is 23.8. The fourth-order valence-electron chi connectivity index (χ4n) is 6.84. The Morgan fingerprint density at radius 3 is 0.725 bits per heavy atom. The summed E-state index contributed by atoms with van der Waals surface area (Å²) >= 11 is 0. The summed E-state index contributed by atoms with van der Waals surface area (Å²) in [6.07, 6.45) is 8.54. The van der Waals surface area contributed by atoms with Gasteiger partial charge in [0.2, 0.25) is 0 Å². The fourth-order valence-corrected chi connectivity index (χ4v) is 6.84. The van der Waals surface area contributed by atoms with Gasteiger partial charge in [-0.3, -0.25) is 0 Å². The molecule has 0 fully saturated rings. The minimum Gasteiger partial charge on any atom is -1.00 e. The molecule has 0 spiro atoms. The van der Waals surface area contributed by atoms with Crippen molar-refractivity contribution in [2.75, 3.05) is 0 Å². The molecule has 2 aliphatic rings. The summed E-state index contributed by atoms with van der Waals surface area (Å²) in [6.45, 7) is 0. The van der Waals surface area contributed by atoms with Crippen molar-refractivity contribution in [3.05, 3.63) is 168 Å². The van der Waals surface area contributed by atoms with E-state index in [0.717, 1.165) is 89.4 Å². The molecule has 7 heteroatoms. The molecule has 4 aromatic carbocycles. The van der Waals surface area contributed by atoms with Crippen molar-refractivity contribution in [1.29, 1.82) is 0 Å². The normalized spacial score (nSPS) is 11.3. The molecule has 8 bridgehead atoms. The van der Waals surface area contributed by atoms with Crippen molar-refractivity contribution < 1.29 is 41.9 Å². The molecule has 4 nitrogen and oxygen atoms in total. The maximum absolute atomic E-state index is 5.35. The molecule has 0 atom stereocenters. The van der Waals surface area contributed by atoms with Gasteiger partial charge in [0.1, 0.15) is 0 Å². The van der Waals surface area contributed by atoms with Crippen LogP contribution >= 0.6 is 0 Å². The fraction of sp³-hybridized carbons (Fsp3) is 0. The number of H-pyrrole nitrogens is 2. The van der Waals surface area contributed by atoms with Crippen LogP contribution in [-0.2, 0) is 17.1 Å². The van der Waals surface area contributed by atoms with Gasteiger partial charge in [0.05, 0.1) is 22.8 Å². The summed E-state index contributed by atoms with van der Waals surface area (Å²) in [5.41, 5.74) is 16.2. The van der Waals surface area contributed by atoms with E-state index in [0.29, 0.717) is 0 Å². The van der Waals surface area contributed by atoms with E-state index < -0.39 is 0 Å². The SMILES string of the molecule is C1=Cc2nc1c(-c1ccccc1)c1ccc([nH]1)c(-c1ccccc1)c1nc(c(-c3ccccc3)c3ccc([nH]3)c2-c2ccccc2)C=C1.[Cl-].[Cl-].[Mn+2]. The number of hydrogen-bond acceptors (Lipinski definition) is 2. The van der Waals surface area contributed by atoms with E-state index in [2.05, 4.69) is 156 Å². The number of fused-ring (bicyclic) bond motifs is 8. The van der Waals surface area contributed by atoms with Crippen LogP contribution in [0.3, 0.4) is 0 Å². The largest absolute Gasteiger partial charge is 2.00 e. The van der Waals surface area contributed by atoms with Gasteiger partial charge in [-0.1, -0.05) is 121 Å². The third-order valence-electron chi connectivity index (χ3n) is 9.00. The van der Waals surface area contributed by atoms with Crippen LogP contribution in [0, 0.1) is 0 Å². The first-order valence-electron chi connectivity index (χ1n) is 16.2. The quantitative estimate of drug-likeness (QED) is 0.240. The Labute approximate surface area is 319 Å². The smallest absolute Gasteiger partial charge is 1.00 e. The van der Waals surface area contributed by atoms with Crippen LogP contribution in [0.25, 0.3) is 90.9 Å². The molecule has 5 heterocycles. The van der Waals surface area contributed by atoms with E-state index in [-0.39, 0.29) is 41.9 Å². The first-order valence-corrected chi connectivity index (χ1v) is 16.2. The number of benzene rings is 4. The average Bonchev–Trinajstić information content (AvgIpc) is 3.98. The molecule has 9 rings (SSSR count). The van der Waals surface area contributed by atoms with Gasteiger partial charge in [-0.2, -0.15) is 0 Å². The third kappa shape index (κ3) is 6.61. The van der Waals surface area contributed by atoms with E-state index >= 15 is 0 Å². The molecular weight excluding hydrogens is 710 g/mol. The Kier molecular flexibility index (Phi) is 10.6. The van der Waals surface area contributed by atoms with Gasteiger partial charge in [0.25, 0.3) is 0 Å². The number of hydrogen-bond donors (Lipinski definition) is 2. The van der Waals surface area contributed by atoms with Crippen LogP contribution in [0.2, 0.25) is 0 Å². The van der Waals surface area contributed by atoms with Crippen LogP contribution in [0.15, 0.2) is 146 Å². The van der Waals surface area contributed by atoms with Crippen LogP contribution in [0.4, 0.5) is 0 Å². The summed E-state index contributed by atoms with van der Waals surface area (Å²) in [7, 11) is 0. The van der Waals surface area contributed by atoms with E-state index in [1.807, 2.05) is 24.3 Å². The Morgan fingerprint density at radius 2 is 0.510 bits per heavy atom. The Morgan fingerprint density at radius 1 is 0.294 bits per heavy atom.